The van der Waals surface area contributed by atoms with Gasteiger partial charge in [-0.1, -0.05) is 12.1 Å². The van der Waals surface area contributed by atoms with Crippen LogP contribution in [0.2, 0.25) is 0 Å². The van der Waals surface area contributed by atoms with E-state index in [0.717, 1.165) is 22.3 Å². The maximum absolute atomic E-state index is 12.6. The van der Waals surface area contributed by atoms with E-state index in [4.69, 9.17) is 4.74 Å². The third-order valence-electron chi connectivity index (χ3n) is 5.89. The van der Waals surface area contributed by atoms with Crippen molar-refractivity contribution in [2.24, 2.45) is 0 Å². The van der Waals surface area contributed by atoms with Crippen molar-refractivity contribution in [2.75, 3.05) is 7.11 Å². The summed E-state index contributed by atoms with van der Waals surface area (Å²) in [5, 5.41) is 6.19. The van der Waals surface area contributed by atoms with Crippen molar-refractivity contribution in [1.82, 2.24) is 20.1 Å². The fraction of sp³-hybridized carbons (Fsp3) is 0.368. The molecule has 2 N–H and O–H groups in total. The van der Waals surface area contributed by atoms with Crippen molar-refractivity contribution in [2.45, 2.75) is 37.1 Å². The molecule has 5 rings (SSSR count). The average molecular weight is 431 g/mol. The molecule has 3 aliphatic rings. The molecule has 2 aliphatic heterocycles. The van der Waals surface area contributed by atoms with Crippen molar-refractivity contribution < 1.29 is 14.3 Å². The van der Waals surface area contributed by atoms with E-state index in [1.54, 1.807) is 7.11 Å². The van der Waals surface area contributed by atoms with Crippen molar-refractivity contribution in [3.8, 4) is 5.75 Å². The fourth-order valence-corrected chi connectivity index (χ4v) is 5.23. The zero-order chi connectivity index (χ0) is 18.7. The van der Waals surface area contributed by atoms with Gasteiger partial charge in [-0.25, -0.2) is 4.79 Å². The molecule has 0 bridgehead atoms. The highest BCUT2D eigenvalue weighted by Gasteiger charge is 2.55. The Balaban J connectivity index is 1.42. The molecule has 0 unspecified atom stereocenters. The summed E-state index contributed by atoms with van der Waals surface area (Å²) in [5.41, 5.74) is 1.71. The standard InChI is InChI=1S/C19H19BrN4O3/c1-27-11-4-2-10(3-5-11)9-23-13-8-14-17(16(13)22-19(23)26)21-18(25)12-6-7-15(20)24(12)14/h2-7,13-14,16-17H,8-9H2,1H3,(H,21,25)(H,22,26)/t13-,14-,16-,17-/m1/s1. The van der Waals surface area contributed by atoms with Crippen LogP contribution in [0.5, 0.6) is 5.75 Å². The van der Waals surface area contributed by atoms with Crippen LogP contribution in [0.15, 0.2) is 41.0 Å². The number of hydrogen-bond donors (Lipinski definition) is 2. The molecule has 1 saturated carbocycles. The maximum Gasteiger partial charge on any atom is 0.318 e. The van der Waals surface area contributed by atoms with Gasteiger partial charge in [0, 0.05) is 6.54 Å². The van der Waals surface area contributed by atoms with Gasteiger partial charge < -0.3 is 24.8 Å². The third kappa shape index (κ3) is 2.46. The summed E-state index contributed by atoms with van der Waals surface area (Å²) in [7, 11) is 1.63. The summed E-state index contributed by atoms with van der Waals surface area (Å²) in [6.45, 7) is 0.532. The minimum Gasteiger partial charge on any atom is -0.497 e. The van der Waals surface area contributed by atoms with Crippen LogP contribution >= 0.6 is 15.9 Å². The number of ether oxygens (including phenoxy) is 1. The molecule has 2 fully saturated rings. The predicted octanol–water partition coefficient (Wildman–Crippen LogP) is 2.28. The molecule has 1 aromatic heterocycles. The molecule has 3 heterocycles. The Hall–Kier alpha value is -2.48. The Morgan fingerprint density at radius 1 is 1.07 bits per heavy atom. The van der Waals surface area contributed by atoms with Gasteiger partial charge in [-0.05, 0) is 52.2 Å². The van der Waals surface area contributed by atoms with Gasteiger partial charge in [0.15, 0.2) is 0 Å². The highest BCUT2D eigenvalue weighted by molar-refractivity contribution is 9.10. The summed E-state index contributed by atoms with van der Waals surface area (Å²) in [4.78, 5) is 26.9. The van der Waals surface area contributed by atoms with Crippen molar-refractivity contribution in [1.29, 1.82) is 0 Å². The first-order chi connectivity index (χ1) is 13.1. The number of aromatic nitrogens is 1. The van der Waals surface area contributed by atoms with Gasteiger partial charge in [-0.3, -0.25) is 4.79 Å². The molecular formula is C19H19BrN4O3. The molecule has 8 heteroatoms. The van der Waals surface area contributed by atoms with E-state index in [9.17, 15) is 9.59 Å². The summed E-state index contributed by atoms with van der Waals surface area (Å²) < 4.78 is 8.15. The number of methoxy groups -OCH3 is 1. The van der Waals surface area contributed by atoms with E-state index in [1.165, 1.54) is 0 Å². The minimum atomic E-state index is -0.108. The smallest absolute Gasteiger partial charge is 0.318 e. The van der Waals surface area contributed by atoms with E-state index in [2.05, 4.69) is 31.1 Å². The van der Waals surface area contributed by atoms with Crippen molar-refractivity contribution in [3.05, 3.63) is 52.3 Å². The first kappa shape index (κ1) is 16.7. The van der Waals surface area contributed by atoms with Crippen LogP contribution in [-0.4, -0.2) is 46.6 Å². The lowest BCUT2D eigenvalue weighted by Crippen LogP contribution is -2.53. The topological polar surface area (TPSA) is 75.6 Å². The van der Waals surface area contributed by atoms with Crippen molar-refractivity contribution in [3.63, 3.8) is 0 Å². The van der Waals surface area contributed by atoms with Crippen LogP contribution in [0.1, 0.15) is 28.5 Å². The summed E-state index contributed by atoms with van der Waals surface area (Å²) in [6.07, 6.45) is 0.796. The van der Waals surface area contributed by atoms with Crippen LogP contribution in [0.3, 0.4) is 0 Å². The number of benzene rings is 1. The van der Waals surface area contributed by atoms with Crippen LogP contribution in [-0.2, 0) is 6.54 Å². The van der Waals surface area contributed by atoms with Gasteiger partial charge in [0.2, 0.25) is 0 Å². The number of amides is 3. The molecule has 7 nitrogen and oxygen atoms in total. The van der Waals surface area contributed by atoms with Gasteiger partial charge >= 0.3 is 6.03 Å². The van der Waals surface area contributed by atoms with Crippen LogP contribution < -0.4 is 15.4 Å². The highest BCUT2D eigenvalue weighted by atomic mass is 79.9. The average Bonchev–Trinajstić information content (AvgIpc) is 3.30. The number of carbonyl (C=O) groups is 2. The van der Waals surface area contributed by atoms with Gasteiger partial charge in [0.1, 0.15) is 11.4 Å². The quantitative estimate of drug-likeness (QED) is 0.783. The molecule has 2 aromatic rings. The molecule has 1 aromatic carbocycles. The monoisotopic (exact) mass is 430 g/mol. The summed E-state index contributed by atoms with van der Waals surface area (Å²) in [6, 6.07) is 11.4. The Kier molecular flexibility index (Phi) is 3.72. The Bertz CT molecular complexity index is 926. The second kappa shape index (κ2) is 6.02. The number of nitrogens with one attached hydrogen (secondary N) is 2. The molecular weight excluding hydrogens is 412 g/mol. The van der Waals surface area contributed by atoms with Gasteiger partial charge in [-0.2, -0.15) is 0 Å². The Morgan fingerprint density at radius 2 is 1.81 bits per heavy atom. The maximum atomic E-state index is 12.6. The molecule has 1 aliphatic carbocycles. The van der Waals surface area contributed by atoms with Crippen LogP contribution in [0.4, 0.5) is 4.79 Å². The molecule has 0 spiro atoms. The van der Waals surface area contributed by atoms with Crippen LogP contribution in [0.25, 0.3) is 0 Å². The molecule has 4 atom stereocenters. The van der Waals surface area contributed by atoms with Gasteiger partial charge in [-0.15, -0.1) is 0 Å². The number of hydrogen-bond acceptors (Lipinski definition) is 3. The fourth-order valence-electron chi connectivity index (χ4n) is 4.64. The van der Waals surface area contributed by atoms with E-state index in [-0.39, 0.29) is 36.1 Å². The molecule has 3 amide bonds. The zero-order valence-corrected chi connectivity index (χ0v) is 16.3. The number of urea groups is 1. The van der Waals surface area contributed by atoms with E-state index in [1.807, 2.05) is 41.3 Å². The number of halogens is 1. The lowest BCUT2D eigenvalue weighted by molar-refractivity contribution is 0.0880. The van der Waals surface area contributed by atoms with Crippen LogP contribution in [0, 0.1) is 0 Å². The lowest BCUT2D eigenvalue weighted by Gasteiger charge is -2.32. The first-order valence-electron chi connectivity index (χ1n) is 8.94. The largest absolute Gasteiger partial charge is 0.497 e. The number of carbonyl (C=O) groups excluding carboxylic acids is 2. The predicted molar refractivity (Wildman–Crippen MR) is 102 cm³/mol. The molecule has 140 valence electrons. The van der Waals surface area contributed by atoms with E-state index < -0.39 is 0 Å². The number of rotatable bonds is 3. The molecule has 1 saturated heterocycles. The zero-order valence-electron chi connectivity index (χ0n) is 14.7. The Labute approximate surface area is 164 Å². The summed E-state index contributed by atoms with van der Waals surface area (Å²) >= 11 is 3.56. The normalized spacial score (nSPS) is 28.3. The summed E-state index contributed by atoms with van der Waals surface area (Å²) in [5.74, 6) is 0.701. The van der Waals surface area contributed by atoms with E-state index in [0.29, 0.717) is 12.2 Å². The number of fused-ring (bicyclic) bond motifs is 5. The Morgan fingerprint density at radius 3 is 2.56 bits per heavy atom. The SMILES string of the molecule is COc1ccc(CN2C(=O)N[C@H]3[C@@H]4NC(=O)c5ccc(Br)n5[C@@H]4C[C@H]32)cc1. The van der Waals surface area contributed by atoms with E-state index >= 15 is 0 Å². The second-order valence-corrected chi connectivity index (χ2v) is 8.04. The van der Waals surface area contributed by atoms with Gasteiger partial charge in [0.25, 0.3) is 5.91 Å². The lowest BCUT2D eigenvalue weighted by atomic mass is 10.1. The highest BCUT2D eigenvalue weighted by Crippen LogP contribution is 2.42. The minimum absolute atomic E-state index is 0.0372. The second-order valence-electron chi connectivity index (χ2n) is 7.23. The third-order valence-corrected chi connectivity index (χ3v) is 6.54. The van der Waals surface area contributed by atoms with Gasteiger partial charge in [0.05, 0.1) is 35.9 Å². The first-order valence-corrected chi connectivity index (χ1v) is 9.74. The molecule has 27 heavy (non-hydrogen) atoms. The number of nitrogens with zero attached hydrogens (tertiary/aromatic N) is 2. The molecule has 0 radical (unpaired) electrons. The van der Waals surface area contributed by atoms with Crippen molar-refractivity contribution >= 4 is 27.9 Å².